The topological polar surface area (TPSA) is 114 Å². The van der Waals surface area contributed by atoms with Gasteiger partial charge in [-0.3, -0.25) is 4.98 Å². The molecule has 6 rings (SSSR count). The van der Waals surface area contributed by atoms with Crippen molar-refractivity contribution in [1.29, 1.82) is 0 Å². The van der Waals surface area contributed by atoms with E-state index in [9.17, 15) is 0 Å². The highest BCUT2D eigenvalue weighted by Gasteiger charge is 2.25. The van der Waals surface area contributed by atoms with Gasteiger partial charge in [0.1, 0.15) is 23.1 Å². The number of benzene rings is 1. The van der Waals surface area contributed by atoms with Crippen LogP contribution in [0.2, 0.25) is 0 Å². The van der Waals surface area contributed by atoms with Gasteiger partial charge in [0.25, 0.3) is 0 Å². The Balaban J connectivity index is 1.16. The second-order valence-electron chi connectivity index (χ2n) is 8.53. The summed E-state index contributed by atoms with van der Waals surface area (Å²) in [5, 5.41) is 3.56. The van der Waals surface area contributed by atoms with E-state index < -0.39 is 0 Å². The summed E-state index contributed by atoms with van der Waals surface area (Å²) >= 11 is 0. The highest BCUT2D eigenvalue weighted by atomic mass is 16.5. The van der Waals surface area contributed by atoms with Crippen molar-refractivity contribution in [2.24, 2.45) is 0 Å². The van der Waals surface area contributed by atoms with Gasteiger partial charge in [-0.15, -0.1) is 0 Å². The average Bonchev–Trinajstić information content (AvgIpc) is 3.36. The standard InChI is InChI=1S/C23H26N8O2/c1-3-17(4-2-15(1)30-23-21-22(27-13-26-21)28-14-29-23)33-19-12-16(31-7-9-32-10-8-31)11-18-20(19)25-6-5-24-18/h5-6,11-15,17H,1-4,7-10H2,(H2,26,27,28,29,30). The summed E-state index contributed by atoms with van der Waals surface area (Å²) in [4.78, 5) is 27.3. The maximum absolute atomic E-state index is 6.53. The van der Waals surface area contributed by atoms with Gasteiger partial charge in [-0.2, -0.15) is 0 Å². The molecule has 4 heterocycles. The van der Waals surface area contributed by atoms with Crippen molar-refractivity contribution >= 4 is 33.7 Å². The number of nitrogens with one attached hydrogen (secondary N) is 2. The van der Waals surface area contributed by atoms with Crippen molar-refractivity contribution in [3.63, 3.8) is 0 Å². The van der Waals surface area contributed by atoms with Gasteiger partial charge in [0.2, 0.25) is 0 Å². The van der Waals surface area contributed by atoms with E-state index in [2.05, 4.69) is 52.3 Å². The fourth-order valence-electron chi connectivity index (χ4n) is 4.70. The molecular weight excluding hydrogens is 420 g/mol. The van der Waals surface area contributed by atoms with E-state index in [4.69, 9.17) is 9.47 Å². The molecule has 1 aliphatic carbocycles. The highest BCUT2D eigenvalue weighted by molar-refractivity contribution is 5.85. The molecule has 0 radical (unpaired) electrons. The third-order valence-electron chi connectivity index (χ3n) is 6.43. The van der Waals surface area contributed by atoms with Crippen molar-refractivity contribution < 1.29 is 9.47 Å². The van der Waals surface area contributed by atoms with Crippen molar-refractivity contribution in [1.82, 2.24) is 29.9 Å². The lowest BCUT2D eigenvalue weighted by molar-refractivity contribution is 0.122. The highest BCUT2D eigenvalue weighted by Crippen LogP contribution is 2.33. The number of hydrogen-bond acceptors (Lipinski definition) is 9. The molecule has 1 aromatic carbocycles. The van der Waals surface area contributed by atoms with Gasteiger partial charge < -0.3 is 24.7 Å². The first-order valence-corrected chi connectivity index (χ1v) is 11.5. The van der Waals surface area contributed by atoms with Crippen LogP contribution in [0.15, 0.2) is 37.2 Å². The van der Waals surface area contributed by atoms with Crippen LogP contribution in [-0.4, -0.2) is 68.4 Å². The summed E-state index contributed by atoms with van der Waals surface area (Å²) in [6.07, 6.45) is 10.7. The molecular formula is C23H26N8O2. The Bertz CT molecular complexity index is 1250. The van der Waals surface area contributed by atoms with Crippen molar-refractivity contribution in [3.8, 4) is 5.75 Å². The first kappa shape index (κ1) is 20.1. The lowest BCUT2D eigenvalue weighted by Gasteiger charge is -2.31. The van der Waals surface area contributed by atoms with Crippen molar-refractivity contribution in [2.75, 3.05) is 36.5 Å². The van der Waals surface area contributed by atoms with Gasteiger partial charge in [0.05, 0.1) is 31.2 Å². The van der Waals surface area contributed by atoms with Gasteiger partial charge in [-0.1, -0.05) is 0 Å². The van der Waals surface area contributed by atoms with E-state index in [1.165, 1.54) is 0 Å². The number of aromatic nitrogens is 6. The molecule has 2 N–H and O–H groups in total. The smallest absolute Gasteiger partial charge is 0.182 e. The molecule has 3 aromatic heterocycles. The third kappa shape index (κ3) is 4.13. The maximum Gasteiger partial charge on any atom is 0.182 e. The van der Waals surface area contributed by atoms with Crippen LogP contribution < -0.4 is 15.0 Å². The average molecular weight is 447 g/mol. The molecule has 33 heavy (non-hydrogen) atoms. The van der Waals surface area contributed by atoms with Gasteiger partial charge in [-0.05, 0) is 31.7 Å². The number of morpholine rings is 1. The normalized spacial score (nSPS) is 21.4. The number of fused-ring (bicyclic) bond motifs is 2. The summed E-state index contributed by atoms with van der Waals surface area (Å²) in [5.41, 5.74) is 4.32. The largest absolute Gasteiger partial charge is 0.488 e. The summed E-state index contributed by atoms with van der Waals surface area (Å²) in [7, 11) is 0. The van der Waals surface area contributed by atoms with Crippen LogP contribution >= 0.6 is 0 Å². The molecule has 10 nitrogen and oxygen atoms in total. The summed E-state index contributed by atoms with van der Waals surface area (Å²) in [6, 6.07) is 4.55. The van der Waals surface area contributed by atoms with E-state index in [0.29, 0.717) is 11.7 Å². The zero-order valence-corrected chi connectivity index (χ0v) is 18.3. The molecule has 2 aliphatic rings. The molecule has 10 heteroatoms. The zero-order valence-electron chi connectivity index (χ0n) is 18.3. The predicted molar refractivity (Wildman–Crippen MR) is 125 cm³/mol. The Morgan fingerprint density at radius 3 is 2.70 bits per heavy atom. The summed E-state index contributed by atoms with van der Waals surface area (Å²) in [6.45, 7) is 3.22. The Morgan fingerprint density at radius 2 is 1.82 bits per heavy atom. The number of ether oxygens (including phenoxy) is 2. The molecule has 2 fully saturated rings. The molecule has 0 amide bonds. The second kappa shape index (κ2) is 8.78. The van der Waals surface area contributed by atoms with Gasteiger partial charge in [-0.25, -0.2) is 19.9 Å². The van der Waals surface area contributed by atoms with E-state index in [1.807, 2.05) is 0 Å². The number of nitrogens with zero attached hydrogens (tertiary/aromatic N) is 6. The minimum absolute atomic E-state index is 0.144. The molecule has 170 valence electrons. The van der Waals surface area contributed by atoms with Crippen LogP contribution in [0.3, 0.4) is 0 Å². The first-order chi connectivity index (χ1) is 16.3. The zero-order chi connectivity index (χ0) is 22.0. The van der Waals surface area contributed by atoms with Crippen molar-refractivity contribution in [2.45, 2.75) is 37.8 Å². The number of hydrogen-bond donors (Lipinski definition) is 2. The van der Waals surface area contributed by atoms with Crippen LogP contribution in [0.4, 0.5) is 11.5 Å². The molecule has 4 aromatic rings. The Hall–Kier alpha value is -3.53. The number of anilines is 2. The minimum Gasteiger partial charge on any atom is -0.488 e. The van der Waals surface area contributed by atoms with Crippen LogP contribution in [0.25, 0.3) is 22.2 Å². The summed E-state index contributed by atoms with van der Waals surface area (Å²) in [5.74, 6) is 1.62. The van der Waals surface area contributed by atoms with Crippen LogP contribution in [0, 0.1) is 0 Å². The Morgan fingerprint density at radius 1 is 0.970 bits per heavy atom. The van der Waals surface area contributed by atoms with Crippen LogP contribution in [0.1, 0.15) is 25.7 Å². The quantitative estimate of drug-likeness (QED) is 0.477. The van der Waals surface area contributed by atoms with E-state index in [0.717, 1.165) is 85.8 Å². The molecule has 0 atom stereocenters. The first-order valence-electron chi connectivity index (χ1n) is 11.5. The number of H-pyrrole nitrogens is 1. The fraction of sp³-hybridized carbons (Fsp3) is 0.435. The molecule has 1 aliphatic heterocycles. The SMILES string of the molecule is c1cnc2c(OC3CCC(Nc4ncnc5nc[nH]c45)CC3)cc(N3CCOCC3)cc2n1. The Kier molecular flexibility index (Phi) is 5.35. The molecule has 0 spiro atoms. The monoisotopic (exact) mass is 446 g/mol. The van der Waals surface area contributed by atoms with E-state index in [1.54, 1.807) is 25.0 Å². The van der Waals surface area contributed by atoms with E-state index in [-0.39, 0.29) is 6.10 Å². The van der Waals surface area contributed by atoms with Crippen LogP contribution in [0.5, 0.6) is 5.75 Å². The molecule has 0 bridgehead atoms. The van der Waals surface area contributed by atoms with Gasteiger partial charge in [0, 0.05) is 43.3 Å². The summed E-state index contributed by atoms with van der Waals surface area (Å²) < 4.78 is 12.0. The number of imidazole rings is 1. The lowest BCUT2D eigenvalue weighted by atomic mass is 9.93. The second-order valence-corrected chi connectivity index (χ2v) is 8.53. The van der Waals surface area contributed by atoms with Crippen molar-refractivity contribution in [3.05, 3.63) is 37.2 Å². The minimum atomic E-state index is 0.144. The van der Waals surface area contributed by atoms with Crippen LogP contribution in [-0.2, 0) is 4.74 Å². The number of rotatable bonds is 5. The molecule has 1 saturated carbocycles. The third-order valence-corrected chi connectivity index (χ3v) is 6.43. The molecule has 1 saturated heterocycles. The van der Waals surface area contributed by atoms with Gasteiger partial charge in [0.15, 0.2) is 11.5 Å². The van der Waals surface area contributed by atoms with E-state index >= 15 is 0 Å². The Labute approximate surface area is 190 Å². The predicted octanol–water partition coefficient (Wildman–Crippen LogP) is 2.93. The lowest BCUT2D eigenvalue weighted by Crippen LogP contribution is -2.36. The molecule has 0 unspecified atom stereocenters. The fourth-order valence-corrected chi connectivity index (χ4v) is 4.70. The maximum atomic E-state index is 6.53. The van der Waals surface area contributed by atoms with Gasteiger partial charge >= 0.3 is 0 Å². The number of aromatic amines is 1.